The molecule has 0 fully saturated rings. The lowest BCUT2D eigenvalue weighted by atomic mass is 9.96. The van der Waals surface area contributed by atoms with Gasteiger partial charge in [-0.05, 0) is 36.5 Å². The Kier molecular flexibility index (Phi) is 5.97. The summed E-state index contributed by atoms with van der Waals surface area (Å²) in [5.74, 6) is -1.32. The van der Waals surface area contributed by atoms with Crippen LogP contribution in [0.5, 0.6) is 0 Å². The standard InChI is InChI=1S/C16H21NO3/c1-4-11(2)13-5-7-14(8-6-13)12(3)17-15(18)9-10-16(19)20/h5-12H,4H2,1-3H3,(H,17,18)(H,19,20)/p-1/t11-,12-/m1/s1. The summed E-state index contributed by atoms with van der Waals surface area (Å²) >= 11 is 0. The third-order valence-electron chi connectivity index (χ3n) is 3.35. The molecule has 0 unspecified atom stereocenters. The second kappa shape index (κ2) is 7.48. The zero-order valence-electron chi connectivity index (χ0n) is 12.1. The molecule has 108 valence electrons. The molecular weight excluding hydrogens is 254 g/mol. The summed E-state index contributed by atoms with van der Waals surface area (Å²) in [6.07, 6.45) is 2.76. The third kappa shape index (κ3) is 4.88. The van der Waals surface area contributed by atoms with E-state index in [4.69, 9.17) is 0 Å². The number of nitrogens with one attached hydrogen (secondary N) is 1. The number of benzene rings is 1. The maximum Gasteiger partial charge on any atom is 0.244 e. The number of rotatable bonds is 6. The summed E-state index contributed by atoms with van der Waals surface area (Å²) < 4.78 is 0. The number of hydrogen-bond acceptors (Lipinski definition) is 3. The Balaban J connectivity index is 2.66. The minimum Gasteiger partial charge on any atom is -0.545 e. The molecule has 0 saturated heterocycles. The van der Waals surface area contributed by atoms with Crippen LogP contribution in [0.15, 0.2) is 36.4 Å². The number of hydrogen-bond donors (Lipinski definition) is 1. The lowest BCUT2D eigenvalue weighted by molar-refractivity contribution is -0.297. The molecule has 0 aliphatic heterocycles. The maximum atomic E-state index is 11.5. The van der Waals surface area contributed by atoms with Crippen LogP contribution in [0.4, 0.5) is 0 Å². The van der Waals surface area contributed by atoms with Gasteiger partial charge in [0.15, 0.2) is 0 Å². The van der Waals surface area contributed by atoms with Gasteiger partial charge in [0.25, 0.3) is 0 Å². The molecule has 0 aliphatic rings. The molecule has 0 radical (unpaired) electrons. The van der Waals surface area contributed by atoms with E-state index in [0.717, 1.165) is 18.1 Å². The molecule has 1 amide bonds. The van der Waals surface area contributed by atoms with Crippen LogP contribution < -0.4 is 10.4 Å². The minimum atomic E-state index is -1.38. The van der Waals surface area contributed by atoms with E-state index in [1.54, 1.807) is 0 Å². The van der Waals surface area contributed by atoms with Crippen molar-refractivity contribution in [2.45, 2.75) is 39.2 Å². The van der Waals surface area contributed by atoms with Crippen molar-refractivity contribution in [3.8, 4) is 0 Å². The van der Waals surface area contributed by atoms with Gasteiger partial charge in [0, 0.05) is 6.08 Å². The van der Waals surface area contributed by atoms with E-state index in [1.165, 1.54) is 5.56 Å². The van der Waals surface area contributed by atoms with Gasteiger partial charge in [-0.1, -0.05) is 38.1 Å². The van der Waals surface area contributed by atoms with E-state index in [-0.39, 0.29) is 6.04 Å². The van der Waals surface area contributed by atoms with Crippen LogP contribution in [0.1, 0.15) is 50.3 Å². The van der Waals surface area contributed by atoms with Gasteiger partial charge in [-0.25, -0.2) is 0 Å². The smallest absolute Gasteiger partial charge is 0.244 e. The Morgan fingerprint density at radius 2 is 1.70 bits per heavy atom. The van der Waals surface area contributed by atoms with E-state index in [1.807, 2.05) is 19.1 Å². The second-order valence-corrected chi connectivity index (χ2v) is 4.86. The highest BCUT2D eigenvalue weighted by Gasteiger charge is 2.08. The minimum absolute atomic E-state index is 0.181. The summed E-state index contributed by atoms with van der Waals surface area (Å²) in [6.45, 7) is 6.17. The molecule has 1 N–H and O–H groups in total. The molecule has 4 nitrogen and oxygen atoms in total. The monoisotopic (exact) mass is 274 g/mol. The van der Waals surface area contributed by atoms with Gasteiger partial charge in [0.1, 0.15) is 0 Å². The van der Waals surface area contributed by atoms with E-state index in [9.17, 15) is 14.7 Å². The summed E-state index contributed by atoms with van der Waals surface area (Å²) in [7, 11) is 0. The van der Waals surface area contributed by atoms with Gasteiger partial charge < -0.3 is 15.2 Å². The Bertz CT molecular complexity index is 491. The van der Waals surface area contributed by atoms with Crippen LogP contribution in [-0.2, 0) is 9.59 Å². The molecular formula is C16H20NO3-. The quantitative estimate of drug-likeness (QED) is 0.802. The summed E-state index contributed by atoms with van der Waals surface area (Å²) in [6, 6.07) is 7.90. The molecule has 0 heterocycles. The molecule has 2 atom stereocenters. The first kappa shape index (κ1) is 16.0. The first-order valence-electron chi connectivity index (χ1n) is 6.73. The third-order valence-corrected chi connectivity index (χ3v) is 3.35. The molecule has 1 aromatic carbocycles. The van der Waals surface area contributed by atoms with Crippen molar-refractivity contribution in [1.29, 1.82) is 0 Å². The first-order valence-corrected chi connectivity index (χ1v) is 6.73. The Hall–Kier alpha value is -2.10. The number of carboxylic acids is 1. The van der Waals surface area contributed by atoms with Crippen molar-refractivity contribution in [3.05, 3.63) is 47.5 Å². The molecule has 1 rings (SSSR count). The van der Waals surface area contributed by atoms with Crippen molar-refractivity contribution >= 4 is 11.9 Å². The molecule has 0 spiro atoms. The largest absolute Gasteiger partial charge is 0.545 e. The van der Waals surface area contributed by atoms with Gasteiger partial charge in [-0.3, -0.25) is 4.79 Å². The van der Waals surface area contributed by atoms with Gasteiger partial charge in [-0.2, -0.15) is 0 Å². The lowest BCUT2D eigenvalue weighted by Crippen LogP contribution is -2.26. The fourth-order valence-corrected chi connectivity index (χ4v) is 1.84. The average Bonchev–Trinajstić information content (AvgIpc) is 2.44. The Morgan fingerprint density at radius 3 is 2.20 bits per heavy atom. The van der Waals surface area contributed by atoms with Crippen LogP contribution in [-0.4, -0.2) is 11.9 Å². The van der Waals surface area contributed by atoms with E-state index < -0.39 is 11.9 Å². The lowest BCUT2D eigenvalue weighted by Gasteiger charge is -2.15. The molecule has 4 heteroatoms. The van der Waals surface area contributed by atoms with Crippen LogP contribution >= 0.6 is 0 Å². The van der Waals surface area contributed by atoms with Crippen LogP contribution in [0.3, 0.4) is 0 Å². The topological polar surface area (TPSA) is 69.2 Å². The molecule has 0 aromatic heterocycles. The zero-order chi connectivity index (χ0) is 15.1. The van der Waals surface area contributed by atoms with Crippen molar-refractivity contribution in [2.24, 2.45) is 0 Å². The van der Waals surface area contributed by atoms with Crippen molar-refractivity contribution in [1.82, 2.24) is 5.32 Å². The van der Waals surface area contributed by atoms with Crippen molar-refractivity contribution in [3.63, 3.8) is 0 Å². The summed E-state index contributed by atoms with van der Waals surface area (Å²) in [5, 5.41) is 12.9. The van der Waals surface area contributed by atoms with E-state index >= 15 is 0 Å². The van der Waals surface area contributed by atoms with Crippen molar-refractivity contribution < 1.29 is 14.7 Å². The van der Waals surface area contributed by atoms with Crippen LogP contribution in [0, 0.1) is 0 Å². The first-order chi connectivity index (χ1) is 9.43. The maximum absolute atomic E-state index is 11.5. The Labute approximate surface area is 119 Å². The van der Waals surface area contributed by atoms with Crippen molar-refractivity contribution in [2.75, 3.05) is 0 Å². The van der Waals surface area contributed by atoms with E-state index in [0.29, 0.717) is 12.0 Å². The summed E-state index contributed by atoms with van der Waals surface area (Å²) in [4.78, 5) is 21.7. The second-order valence-electron chi connectivity index (χ2n) is 4.86. The normalized spacial score (nSPS) is 13.9. The molecule has 0 aliphatic carbocycles. The average molecular weight is 274 g/mol. The predicted molar refractivity (Wildman–Crippen MR) is 75.9 cm³/mol. The SMILES string of the molecule is CC[C@@H](C)c1ccc([C@@H](C)NC(=O)C=CC(=O)[O-])cc1. The fraction of sp³-hybridized carbons (Fsp3) is 0.375. The van der Waals surface area contributed by atoms with Gasteiger partial charge in [0.2, 0.25) is 5.91 Å². The van der Waals surface area contributed by atoms with E-state index in [2.05, 4.69) is 31.3 Å². The molecule has 0 bridgehead atoms. The number of carbonyl (C=O) groups is 2. The molecule has 1 aromatic rings. The number of amides is 1. The fourth-order valence-electron chi connectivity index (χ4n) is 1.84. The van der Waals surface area contributed by atoms with Crippen LogP contribution in [0.25, 0.3) is 0 Å². The summed E-state index contributed by atoms with van der Waals surface area (Å²) in [5.41, 5.74) is 2.25. The predicted octanol–water partition coefficient (Wildman–Crippen LogP) is 1.68. The van der Waals surface area contributed by atoms with Crippen LogP contribution in [0.2, 0.25) is 0 Å². The number of aliphatic carboxylic acids is 1. The Morgan fingerprint density at radius 1 is 1.15 bits per heavy atom. The van der Waals surface area contributed by atoms with Gasteiger partial charge in [0.05, 0.1) is 12.0 Å². The number of carbonyl (C=O) groups excluding carboxylic acids is 2. The van der Waals surface area contributed by atoms with Gasteiger partial charge in [-0.15, -0.1) is 0 Å². The highest BCUT2D eigenvalue weighted by Crippen LogP contribution is 2.21. The number of carboxylic acid groups (broad SMARTS) is 1. The zero-order valence-corrected chi connectivity index (χ0v) is 12.1. The molecule has 0 saturated carbocycles. The highest BCUT2D eigenvalue weighted by atomic mass is 16.4. The van der Waals surface area contributed by atoms with Gasteiger partial charge >= 0.3 is 0 Å². The highest BCUT2D eigenvalue weighted by molar-refractivity contribution is 5.93. The molecule has 20 heavy (non-hydrogen) atoms.